The van der Waals surface area contributed by atoms with E-state index in [2.05, 4.69) is 14.8 Å². The molecule has 0 fully saturated rings. The van der Waals surface area contributed by atoms with Crippen molar-refractivity contribution in [2.24, 2.45) is 0 Å². The molecule has 1 amide bonds. The first-order chi connectivity index (χ1) is 13.9. The quantitative estimate of drug-likeness (QED) is 0.451. The van der Waals surface area contributed by atoms with Gasteiger partial charge in [-0.25, -0.2) is 8.42 Å². The lowest BCUT2D eigenvalue weighted by Crippen LogP contribution is -2.24. The Morgan fingerprint density at radius 3 is 2.17 bits per heavy atom. The number of esters is 1. The highest BCUT2D eigenvalue weighted by Gasteiger charge is 2.15. The topological polar surface area (TPSA) is 111 Å². The van der Waals surface area contributed by atoms with Gasteiger partial charge in [-0.2, -0.15) is 0 Å². The third-order valence-corrected chi connectivity index (χ3v) is 5.49. The van der Waals surface area contributed by atoms with Crippen molar-refractivity contribution in [3.63, 3.8) is 0 Å². The first-order valence-electron chi connectivity index (χ1n) is 8.97. The Hall–Kier alpha value is -3.07. The Balaban J connectivity index is 1.90. The number of unbranched alkanes of at least 4 members (excludes halogenated alkanes) is 1. The molecule has 2 aromatic rings. The van der Waals surface area contributed by atoms with Gasteiger partial charge in [0, 0.05) is 24.2 Å². The summed E-state index contributed by atoms with van der Waals surface area (Å²) < 4.78 is 37.0. The van der Waals surface area contributed by atoms with Gasteiger partial charge in [0.1, 0.15) is 5.75 Å². The molecule has 0 unspecified atom stereocenters. The van der Waals surface area contributed by atoms with Gasteiger partial charge in [0.05, 0.1) is 19.1 Å². The van der Waals surface area contributed by atoms with Crippen LogP contribution in [0.5, 0.6) is 5.75 Å². The number of nitrogens with one attached hydrogen (secondary N) is 2. The Morgan fingerprint density at radius 2 is 1.59 bits per heavy atom. The lowest BCUT2D eigenvalue weighted by Gasteiger charge is -2.10. The summed E-state index contributed by atoms with van der Waals surface area (Å²) >= 11 is 0. The molecule has 0 radical (unpaired) electrons. The van der Waals surface area contributed by atoms with E-state index in [1.165, 1.54) is 38.5 Å². The first-order valence-corrected chi connectivity index (χ1v) is 10.5. The maximum atomic E-state index is 12.5. The lowest BCUT2D eigenvalue weighted by molar-refractivity contribution is -0.140. The number of benzene rings is 2. The number of hydrogen-bond donors (Lipinski definition) is 2. The number of methoxy groups -OCH3 is 2. The van der Waals surface area contributed by atoms with E-state index in [1.807, 2.05) is 0 Å². The molecular weight excluding hydrogens is 396 g/mol. The Kier molecular flexibility index (Phi) is 8.02. The summed E-state index contributed by atoms with van der Waals surface area (Å²) in [6.07, 6.45) is 1.56. The summed E-state index contributed by atoms with van der Waals surface area (Å²) in [5, 5.41) is 2.73. The minimum absolute atomic E-state index is 0.0444. The summed E-state index contributed by atoms with van der Waals surface area (Å²) in [5.41, 5.74) is 0.751. The third kappa shape index (κ3) is 6.79. The van der Waals surface area contributed by atoms with Gasteiger partial charge in [0.2, 0.25) is 0 Å². The zero-order chi connectivity index (χ0) is 21.3. The van der Waals surface area contributed by atoms with Crippen LogP contribution in [-0.4, -0.2) is 41.1 Å². The van der Waals surface area contributed by atoms with Crippen molar-refractivity contribution in [1.82, 2.24) is 5.32 Å². The smallest absolute Gasteiger partial charge is 0.305 e. The van der Waals surface area contributed by atoms with Gasteiger partial charge in [0.15, 0.2) is 0 Å². The van der Waals surface area contributed by atoms with Crippen molar-refractivity contribution in [3.05, 3.63) is 54.1 Å². The maximum Gasteiger partial charge on any atom is 0.305 e. The van der Waals surface area contributed by atoms with Gasteiger partial charge in [-0.1, -0.05) is 0 Å². The van der Waals surface area contributed by atoms with Crippen LogP contribution in [-0.2, 0) is 19.6 Å². The van der Waals surface area contributed by atoms with E-state index in [9.17, 15) is 18.0 Å². The second-order valence-corrected chi connectivity index (χ2v) is 7.83. The fraction of sp³-hybridized carbons (Fsp3) is 0.300. The molecule has 2 rings (SSSR count). The van der Waals surface area contributed by atoms with Crippen LogP contribution in [0.15, 0.2) is 53.4 Å². The van der Waals surface area contributed by atoms with E-state index in [4.69, 9.17) is 4.74 Å². The van der Waals surface area contributed by atoms with Crippen molar-refractivity contribution in [2.45, 2.75) is 24.2 Å². The van der Waals surface area contributed by atoms with Gasteiger partial charge >= 0.3 is 5.97 Å². The van der Waals surface area contributed by atoms with Crippen molar-refractivity contribution in [3.8, 4) is 5.75 Å². The standard InChI is InChI=1S/C20H24N2O6S/c1-27-17-10-8-16(9-11-17)22-29(25,26)18-12-6-15(7-13-18)20(24)21-14-4-3-5-19(23)28-2/h6-13,22H,3-5,14H2,1-2H3,(H,21,24). The molecule has 2 aromatic carbocycles. The fourth-order valence-corrected chi connectivity index (χ4v) is 3.52. The van der Waals surface area contributed by atoms with Crippen molar-refractivity contribution in [2.75, 3.05) is 25.5 Å². The van der Waals surface area contributed by atoms with E-state index in [0.717, 1.165) is 0 Å². The Labute approximate surface area is 170 Å². The molecule has 0 bridgehead atoms. The van der Waals surface area contributed by atoms with E-state index >= 15 is 0 Å². The van der Waals surface area contributed by atoms with Gasteiger partial charge in [-0.3, -0.25) is 14.3 Å². The van der Waals surface area contributed by atoms with Gasteiger partial charge in [-0.15, -0.1) is 0 Å². The van der Waals surface area contributed by atoms with Crippen LogP contribution >= 0.6 is 0 Å². The summed E-state index contributed by atoms with van der Waals surface area (Å²) in [6, 6.07) is 12.1. The minimum atomic E-state index is -3.78. The monoisotopic (exact) mass is 420 g/mol. The van der Waals surface area contributed by atoms with E-state index in [0.29, 0.717) is 42.8 Å². The van der Waals surface area contributed by atoms with Gasteiger partial charge < -0.3 is 14.8 Å². The number of carbonyl (C=O) groups excluding carboxylic acids is 2. The summed E-state index contributed by atoms with van der Waals surface area (Å²) in [5.74, 6) is 0.0279. The number of anilines is 1. The van der Waals surface area contributed by atoms with Crippen LogP contribution in [0.1, 0.15) is 29.6 Å². The molecule has 156 valence electrons. The Bertz CT molecular complexity index is 924. The highest BCUT2D eigenvalue weighted by molar-refractivity contribution is 7.92. The van der Waals surface area contributed by atoms with Crippen molar-refractivity contribution in [1.29, 1.82) is 0 Å². The van der Waals surface area contributed by atoms with Crippen LogP contribution in [0.25, 0.3) is 0 Å². The van der Waals surface area contributed by atoms with Gasteiger partial charge in [0.25, 0.3) is 15.9 Å². The summed E-state index contributed by atoms with van der Waals surface area (Å²) in [4.78, 5) is 23.2. The molecule has 8 nitrogen and oxygen atoms in total. The zero-order valence-electron chi connectivity index (χ0n) is 16.3. The first kappa shape index (κ1) is 22.2. The average molecular weight is 420 g/mol. The van der Waals surface area contributed by atoms with E-state index in [-0.39, 0.29) is 16.8 Å². The van der Waals surface area contributed by atoms with Crippen molar-refractivity contribution < 1.29 is 27.5 Å². The van der Waals surface area contributed by atoms with Crippen LogP contribution in [0, 0.1) is 0 Å². The Morgan fingerprint density at radius 1 is 0.931 bits per heavy atom. The SMILES string of the molecule is COC(=O)CCCCNC(=O)c1ccc(S(=O)(=O)Nc2ccc(OC)cc2)cc1. The highest BCUT2D eigenvalue weighted by Crippen LogP contribution is 2.19. The predicted molar refractivity (Wildman–Crippen MR) is 108 cm³/mol. The average Bonchev–Trinajstić information content (AvgIpc) is 2.73. The van der Waals surface area contributed by atoms with Crippen LogP contribution < -0.4 is 14.8 Å². The van der Waals surface area contributed by atoms with Crippen LogP contribution in [0.4, 0.5) is 5.69 Å². The number of carbonyl (C=O) groups is 2. The lowest BCUT2D eigenvalue weighted by atomic mass is 10.2. The molecule has 0 aliphatic heterocycles. The third-order valence-electron chi connectivity index (χ3n) is 4.09. The molecule has 0 aromatic heterocycles. The molecule has 2 N–H and O–H groups in total. The van der Waals surface area contributed by atoms with Crippen LogP contribution in [0.3, 0.4) is 0 Å². The molecule has 0 atom stereocenters. The predicted octanol–water partition coefficient (Wildman–Crippen LogP) is 2.57. The van der Waals surface area contributed by atoms with E-state index in [1.54, 1.807) is 24.3 Å². The minimum Gasteiger partial charge on any atom is -0.497 e. The van der Waals surface area contributed by atoms with Gasteiger partial charge in [-0.05, 0) is 61.4 Å². The molecule has 9 heteroatoms. The fourth-order valence-electron chi connectivity index (χ4n) is 2.46. The summed E-state index contributed by atoms with van der Waals surface area (Å²) in [6.45, 7) is 0.412. The zero-order valence-corrected chi connectivity index (χ0v) is 17.1. The highest BCUT2D eigenvalue weighted by atomic mass is 32.2. The second kappa shape index (κ2) is 10.5. The largest absolute Gasteiger partial charge is 0.497 e. The molecule has 29 heavy (non-hydrogen) atoms. The summed E-state index contributed by atoms with van der Waals surface area (Å²) in [7, 11) is -0.916. The van der Waals surface area contributed by atoms with Crippen LogP contribution in [0.2, 0.25) is 0 Å². The maximum absolute atomic E-state index is 12.5. The van der Waals surface area contributed by atoms with Crippen molar-refractivity contribution >= 4 is 27.6 Å². The number of sulfonamides is 1. The molecule has 0 saturated heterocycles. The molecule has 0 spiro atoms. The molecule has 0 aliphatic carbocycles. The number of ether oxygens (including phenoxy) is 2. The molecular formula is C20H24N2O6S. The molecule has 0 aliphatic rings. The normalized spacial score (nSPS) is 10.8. The number of rotatable bonds is 10. The number of hydrogen-bond acceptors (Lipinski definition) is 6. The molecule has 0 heterocycles. The second-order valence-electron chi connectivity index (χ2n) is 6.15. The van der Waals surface area contributed by atoms with E-state index < -0.39 is 10.0 Å². The molecule has 0 saturated carbocycles. The number of amides is 1.